The molecule has 3 N–H and O–H groups in total. The molecule has 1 rings (SSSR count). The molecular weight excluding hydrogens is 176 g/mol. The van der Waals surface area contributed by atoms with Crippen molar-refractivity contribution >= 4 is 5.82 Å². The minimum Gasteiger partial charge on any atom is -0.367 e. The maximum Gasteiger partial charge on any atom is 0.147 e. The Morgan fingerprint density at radius 2 is 2.21 bits per heavy atom. The highest BCUT2D eigenvalue weighted by molar-refractivity contribution is 5.39. The van der Waals surface area contributed by atoms with Gasteiger partial charge >= 0.3 is 0 Å². The Labute approximate surface area is 85.0 Å². The Hall–Kier alpha value is -1.16. The van der Waals surface area contributed by atoms with E-state index in [0.717, 1.165) is 30.2 Å². The summed E-state index contributed by atoms with van der Waals surface area (Å²) in [7, 11) is 0. The lowest BCUT2D eigenvalue weighted by atomic mass is 10.2. The van der Waals surface area contributed by atoms with Gasteiger partial charge in [0.1, 0.15) is 5.82 Å². The number of aromatic nitrogens is 2. The van der Waals surface area contributed by atoms with Gasteiger partial charge in [-0.15, -0.1) is 0 Å². The van der Waals surface area contributed by atoms with Gasteiger partial charge in [0.2, 0.25) is 0 Å². The van der Waals surface area contributed by atoms with E-state index in [1.807, 2.05) is 13.8 Å². The summed E-state index contributed by atoms with van der Waals surface area (Å²) in [5, 5.41) is 3.21. The Kier molecular flexibility index (Phi) is 3.83. The fourth-order valence-electron chi connectivity index (χ4n) is 1.08. The van der Waals surface area contributed by atoms with Crippen LogP contribution < -0.4 is 11.1 Å². The second kappa shape index (κ2) is 4.91. The lowest BCUT2D eigenvalue weighted by Gasteiger charge is -2.12. The highest BCUT2D eigenvalue weighted by atomic mass is 15.0. The van der Waals surface area contributed by atoms with Crippen LogP contribution in [0.25, 0.3) is 0 Å². The van der Waals surface area contributed by atoms with Crippen LogP contribution >= 0.6 is 0 Å². The van der Waals surface area contributed by atoms with Gasteiger partial charge < -0.3 is 11.1 Å². The highest BCUT2D eigenvalue weighted by Crippen LogP contribution is 2.08. The molecule has 0 aliphatic heterocycles. The molecule has 0 bridgehead atoms. The largest absolute Gasteiger partial charge is 0.367 e. The van der Waals surface area contributed by atoms with Crippen molar-refractivity contribution in [3.8, 4) is 0 Å². The number of aryl methyl sites for hydroxylation is 2. The standard InChI is InChI=1S/C10H18N4/c1-4-9(11)6-13-10-8(3)12-5-7(2)14-10/h5,9H,4,6,11H2,1-3H3,(H,13,14). The number of nitrogens with one attached hydrogen (secondary N) is 1. The molecule has 0 amide bonds. The van der Waals surface area contributed by atoms with Crippen LogP contribution in [0.4, 0.5) is 5.82 Å². The summed E-state index contributed by atoms with van der Waals surface area (Å²) in [6.07, 6.45) is 2.73. The Balaban J connectivity index is 2.62. The molecule has 1 unspecified atom stereocenters. The molecule has 0 spiro atoms. The van der Waals surface area contributed by atoms with Crippen molar-refractivity contribution < 1.29 is 0 Å². The van der Waals surface area contributed by atoms with Crippen molar-refractivity contribution in [2.75, 3.05) is 11.9 Å². The zero-order chi connectivity index (χ0) is 10.6. The maximum atomic E-state index is 5.80. The van der Waals surface area contributed by atoms with Crippen molar-refractivity contribution in [1.82, 2.24) is 9.97 Å². The number of hydrogen-bond donors (Lipinski definition) is 2. The summed E-state index contributed by atoms with van der Waals surface area (Å²) in [5.74, 6) is 0.842. The molecule has 0 fully saturated rings. The summed E-state index contributed by atoms with van der Waals surface area (Å²) in [4.78, 5) is 8.57. The zero-order valence-corrected chi connectivity index (χ0v) is 9.04. The maximum absolute atomic E-state index is 5.80. The van der Waals surface area contributed by atoms with E-state index in [0.29, 0.717) is 0 Å². The molecule has 1 heterocycles. The van der Waals surface area contributed by atoms with Crippen LogP contribution in [-0.2, 0) is 0 Å². The van der Waals surface area contributed by atoms with Crippen LogP contribution in [0, 0.1) is 13.8 Å². The van der Waals surface area contributed by atoms with Crippen LogP contribution in [0.2, 0.25) is 0 Å². The van der Waals surface area contributed by atoms with Crippen LogP contribution in [0.15, 0.2) is 6.20 Å². The zero-order valence-electron chi connectivity index (χ0n) is 9.04. The summed E-state index contributed by atoms with van der Waals surface area (Å²) >= 11 is 0. The summed E-state index contributed by atoms with van der Waals surface area (Å²) in [6.45, 7) is 6.68. The average molecular weight is 194 g/mol. The third-order valence-corrected chi connectivity index (χ3v) is 2.13. The van der Waals surface area contributed by atoms with Crippen LogP contribution in [0.3, 0.4) is 0 Å². The fraction of sp³-hybridized carbons (Fsp3) is 0.600. The quantitative estimate of drug-likeness (QED) is 0.757. The molecule has 0 aliphatic carbocycles. The van der Waals surface area contributed by atoms with Gasteiger partial charge in [0.05, 0.1) is 11.4 Å². The SMILES string of the molecule is CCC(N)CNc1nc(C)cnc1C. The predicted molar refractivity (Wildman–Crippen MR) is 58.3 cm³/mol. The summed E-state index contributed by atoms with van der Waals surface area (Å²) < 4.78 is 0. The number of anilines is 1. The van der Waals surface area contributed by atoms with Gasteiger partial charge in [-0.25, -0.2) is 4.98 Å². The highest BCUT2D eigenvalue weighted by Gasteiger charge is 2.03. The van der Waals surface area contributed by atoms with E-state index < -0.39 is 0 Å². The Morgan fingerprint density at radius 3 is 2.86 bits per heavy atom. The van der Waals surface area contributed by atoms with Gasteiger partial charge in [-0.2, -0.15) is 0 Å². The molecule has 0 saturated carbocycles. The first-order valence-corrected chi connectivity index (χ1v) is 4.93. The van der Waals surface area contributed by atoms with Crippen LogP contribution in [-0.4, -0.2) is 22.6 Å². The lowest BCUT2D eigenvalue weighted by Crippen LogP contribution is -2.28. The summed E-state index contributed by atoms with van der Waals surface area (Å²) in [5.41, 5.74) is 7.63. The normalized spacial score (nSPS) is 12.6. The third-order valence-electron chi connectivity index (χ3n) is 2.13. The Morgan fingerprint density at radius 1 is 1.50 bits per heavy atom. The monoisotopic (exact) mass is 194 g/mol. The molecule has 4 heteroatoms. The number of rotatable bonds is 4. The van der Waals surface area contributed by atoms with E-state index in [4.69, 9.17) is 5.73 Å². The number of nitrogens with zero attached hydrogens (tertiary/aromatic N) is 2. The van der Waals surface area contributed by atoms with Crippen LogP contribution in [0.5, 0.6) is 0 Å². The molecule has 4 nitrogen and oxygen atoms in total. The topological polar surface area (TPSA) is 63.8 Å². The molecule has 1 aromatic rings. The number of hydrogen-bond acceptors (Lipinski definition) is 4. The smallest absolute Gasteiger partial charge is 0.147 e. The minimum atomic E-state index is 0.178. The molecule has 1 atom stereocenters. The summed E-state index contributed by atoms with van der Waals surface area (Å²) in [6, 6.07) is 0.178. The van der Waals surface area contributed by atoms with Crippen molar-refractivity contribution in [3.05, 3.63) is 17.6 Å². The van der Waals surface area contributed by atoms with Gasteiger partial charge in [0.25, 0.3) is 0 Å². The molecule has 78 valence electrons. The van der Waals surface area contributed by atoms with Gasteiger partial charge in [-0.3, -0.25) is 4.98 Å². The molecule has 14 heavy (non-hydrogen) atoms. The second-order valence-electron chi connectivity index (χ2n) is 3.49. The first-order valence-electron chi connectivity index (χ1n) is 4.93. The first kappa shape index (κ1) is 10.9. The van der Waals surface area contributed by atoms with Gasteiger partial charge in [-0.1, -0.05) is 6.92 Å². The van der Waals surface area contributed by atoms with E-state index in [-0.39, 0.29) is 6.04 Å². The van der Waals surface area contributed by atoms with Crippen molar-refractivity contribution in [3.63, 3.8) is 0 Å². The molecule has 0 radical (unpaired) electrons. The van der Waals surface area contributed by atoms with E-state index in [1.165, 1.54) is 0 Å². The van der Waals surface area contributed by atoms with E-state index in [1.54, 1.807) is 6.20 Å². The molecule has 0 aliphatic rings. The van der Waals surface area contributed by atoms with E-state index in [2.05, 4.69) is 22.2 Å². The minimum absolute atomic E-state index is 0.178. The van der Waals surface area contributed by atoms with Crippen molar-refractivity contribution in [1.29, 1.82) is 0 Å². The number of nitrogens with two attached hydrogens (primary N) is 1. The van der Waals surface area contributed by atoms with Crippen LogP contribution in [0.1, 0.15) is 24.7 Å². The molecule has 0 saturated heterocycles. The fourth-order valence-corrected chi connectivity index (χ4v) is 1.08. The Bertz CT molecular complexity index is 298. The van der Waals surface area contributed by atoms with E-state index >= 15 is 0 Å². The van der Waals surface area contributed by atoms with E-state index in [9.17, 15) is 0 Å². The lowest BCUT2D eigenvalue weighted by molar-refractivity contribution is 0.677. The van der Waals surface area contributed by atoms with Gasteiger partial charge in [-0.05, 0) is 20.3 Å². The molecule has 0 aromatic carbocycles. The third kappa shape index (κ3) is 2.96. The van der Waals surface area contributed by atoms with Crippen molar-refractivity contribution in [2.45, 2.75) is 33.2 Å². The van der Waals surface area contributed by atoms with Gasteiger partial charge in [0.15, 0.2) is 0 Å². The molecular formula is C10H18N4. The van der Waals surface area contributed by atoms with Gasteiger partial charge in [0, 0.05) is 18.8 Å². The predicted octanol–water partition coefficient (Wildman–Crippen LogP) is 1.24. The molecule has 1 aromatic heterocycles. The van der Waals surface area contributed by atoms with Crippen molar-refractivity contribution in [2.24, 2.45) is 5.73 Å². The first-order chi connectivity index (χ1) is 6.63. The second-order valence-corrected chi connectivity index (χ2v) is 3.49. The average Bonchev–Trinajstić information content (AvgIpc) is 2.19.